The summed E-state index contributed by atoms with van der Waals surface area (Å²) in [7, 11) is 0. The van der Waals surface area contributed by atoms with E-state index in [1.807, 2.05) is 60.7 Å². The Hall–Kier alpha value is -6.96. The fourth-order valence-corrected chi connectivity index (χ4v) is 8.50. The molecule has 6 nitrogen and oxygen atoms in total. The number of rotatable bonds is 5. The second kappa shape index (κ2) is 11.8. The molecule has 0 aliphatic heterocycles. The minimum absolute atomic E-state index is 0.584. The summed E-state index contributed by atoms with van der Waals surface area (Å²) < 4.78 is 10.0. The van der Waals surface area contributed by atoms with E-state index in [1.165, 1.54) is 0 Å². The maximum Gasteiger partial charge on any atom is 0.164 e. The van der Waals surface area contributed by atoms with Crippen LogP contribution in [0.25, 0.3) is 104 Å². The fourth-order valence-electron chi connectivity index (χ4n) is 7.53. The molecule has 0 saturated heterocycles. The lowest BCUT2D eigenvalue weighted by Gasteiger charge is -2.11. The molecular weight excluding hydrogens is 671 g/mol. The topological polar surface area (TPSA) is 69.6 Å². The highest BCUT2D eigenvalue weighted by molar-refractivity contribution is 7.21. The predicted molar refractivity (Wildman–Crippen MR) is 216 cm³/mol. The number of furan rings is 1. The first kappa shape index (κ1) is 29.7. The third-order valence-electron chi connectivity index (χ3n) is 9.90. The van der Waals surface area contributed by atoms with Crippen LogP contribution in [0.4, 0.5) is 0 Å². The van der Waals surface area contributed by atoms with Gasteiger partial charge in [-0.15, -0.1) is 11.3 Å². The van der Waals surface area contributed by atoms with Gasteiger partial charge in [0, 0.05) is 49.5 Å². The first-order valence-corrected chi connectivity index (χ1v) is 18.3. The van der Waals surface area contributed by atoms with Crippen LogP contribution in [0.5, 0.6) is 0 Å². The number of benzene rings is 7. The second-order valence-electron chi connectivity index (χ2n) is 13.0. The van der Waals surface area contributed by atoms with Crippen molar-refractivity contribution in [3.8, 4) is 50.4 Å². The zero-order chi connectivity index (χ0) is 34.9. The summed E-state index contributed by atoms with van der Waals surface area (Å²) in [5.41, 5.74) is 9.64. The van der Waals surface area contributed by atoms with E-state index in [4.69, 9.17) is 24.4 Å². The standard InChI is InChI=1S/C46H27N5OS/c1-3-13-28(14-4-1)43-48-44(33-18-11-22-37-41(33)31-17-7-9-21-36(31)51(37)30-15-5-2-6-16-30)50-45(49-43)34-19-12-23-38-42(34)32-26-25-29(27-39(32)52-38)46-47-35-20-8-10-24-40(35)53-46/h1-27H. The molecule has 53 heavy (non-hydrogen) atoms. The highest BCUT2D eigenvalue weighted by atomic mass is 32.1. The Bertz CT molecular complexity index is 3150. The Kier molecular flexibility index (Phi) is 6.62. The summed E-state index contributed by atoms with van der Waals surface area (Å²) in [5.74, 6) is 1.80. The van der Waals surface area contributed by atoms with Crippen LogP contribution >= 0.6 is 11.3 Å². The smallest absolute Gasteiger partial charge is 0.164 e. The molecular formula is C46H27N5OS. The number of fused-ring (bicyclic) bond motifs is 7. The molecule has 0 radical (unpaired) electrons. The molecule has 4 aromatic heterocycles. The van der Waals surface area contributed by atoms with Crippen molar-refractivity contribution in [3.63, 3.8) is 0 Å². The summed E-state index contributed by atoms with van der Waals surface area (Å²) in [6, 6.07) is 56.2. The maximum absolute atomic E-state index is 6.53. The second-order valence-corrected chi connectivity index (χ2v) is 14.1. The Morgan fingerprint density at radius 3 is 1.96 bits per heavy atom. The van der Waals surface area contributed by atoms with Crippen molar-refractivity contribution < 1.29 is 4.42 Å². The maximum atomic E-state index is 6.53. The van der Waals surface area contributed by atoms with Crippen molar-refractivity contribution in [2.75, 3.05) is 0 Å². The molecule has 0 fully saturated rings. The molecule has 0 spiro atoms. The zero-order valence-corrected chi connectivity index (χ0v) is 29.0. The summed E-state index contributed by atoms with van der Waals surface area (Å²) in [5, 5.41) is 5.16. The van der Waals surface area contributed by atoms with Gasteiger partial charge in [0.25, 0.3) is 0 Å². The van der Waals surface area contributed by atoms with Gasteiger partial charge in [0.15, 0.2) is 17.5 Å². The molecule has 0 bridgehead atoms. The van der Waals surface area contributed by atoms with E-state index >= 15 is 0 Å². The minimum Gasteiger partial charge on any atom is -0.456 e. The van der Waals surface area contributed by atoms with Gasteiger partial charge < -0.3 is 8.98 Å². The molecule has 0 aliphatic rings. The lowest BCUT2D eigenvalue weighted by molar-refractivity contribution is 0.669. The van der Waals surface area contributed by atoms with E-state index in [1.54, 1.807) is 11.3 Å². The number of hydrogen-bond donors (Lipinski definition) is 0. The van der Waals surface area contributed by atoms with Crippen molar-refractivity contribution in [2.45, 2.75) is 0 Å². The third-order valence-corrected chi connectivity index (χ3v) is 11.0. The van der Waals surface area contributed by atoms with Gasteiger partial charge in [-0.1, -0.05) is 109 Å². The van der Waals surface area contributed by atoms with Gasteiger partial charge in [-0.3, -0.25) is 0 Å². The van der Waals surface area contributed by atoms with Crippen LogP contribution in [-0.2, 0) is 0 Å². The monoisotopic (exact) mass is 697 g/mol. The zero-order valence-electron chi connectivity index (χ0n) is 28.1. The van der Waals surface area contributed by atoms with Crippen LogP contribution in [-0.4, -0.2) is 24.5 Å². The molecule has 0 atom stereocenters. The SMILES string of the molecule is c1ccc(-c2nc(-c3cccc4oc5cc(-c6nc7ccccc7s6)ccc5c34)nc(-c3cccc4c3c3ccccc3n4-c3ccccc3)n2)cc1. The van der Waals surface area contributed by atoms with E-state index < -0.39 is 0 Å². The Morgan fingerprint density at radius 2 is 1.13 bits per heavy atom. The van der Waals surface area contributed by atoms with E-state index in [0.717, 1.165) is 86.9 Å². The van der Waals surface area contributed by atoms with Gasteiger partial charge in [-0.2, -0.15) is 0 Å². The van der Waals surface area contributed by atoms with Crippen LogP contribution in [0.1, 0.15) is 0 Å². The molecule has 11 aromatic rings. The molecule has 0 saturated carbocycles. The number of aromatic nitrogens is 5. The van der Waals surface area contributed by atoms with Crippen LogP contribution in [0.3, 0.4) is 0 Å². The average Bonchev–Trinajstić information content (AvgIpc) is 3.93. The fraction of sp³-hybridized carbons (Fsp3) is 0. The molecule has 0 aliphatic carbocycles. The highest BCUT2D eigenvalue weighted by Crippen LogP contribution is 2.41. The van der Waals surface area contributed by atoms with Gasteiger partial charge in [0.2, 0.25) is 0 Å². The van der Waals surface area contributed by atoms with E-state index in [9.17, 15) is 0 Å². The highest BCUT2D eigenvalue weighted by Gasteiger charge is 2.21. The molecule has 11 rings (SSSR count). The summed E-state index contributed by atoms with van der Waals surface area (Å²) >= 11 is 1.69. The summed E-state index contributed by atoms with van der Waals surface area (Å²) in [4.78, 5) is 20.5. The first-order valence-electron chi connectivity index (χ1n) is 17.5. The molecule has 0 unspecified atom stereocenters. The Morgan fingerprint density at radius 1 is 0.453 bits per heavy atom. The number of hydrogen-bond acceptors (Lipinski definition) is 6. The van der Waals surface area contributed by atoms with E-state index in [0.29, 0.717) is 17.5 Å². The lowest BCUT2D eigenvalue weighted by atomic mass is 10.0. The van der Waals surface area contributed by atoms with E-state index in [-0.39, 0.29) is 0 Å². The molecule has 7 heteroatoms. The Labute approximate surface area is 307 Å². The number of nitrogens with zero attached hydrogens (tertiary/aromatic N) is 5. The normalized spacial score (nSPS) is 11.8. The van der Waals surface area contributed by atoms with Crippen molar-refractivity contribution >= 4 is 65.3 Å². The van der Waals surface area contributed by atoms with E-state index in [2.05, 4.69) is 108 Å². The van der Waals surface area contributed by atoms with Crippen molar-refractivity contribution in [3.05, 3.63) is 164 Å². The first-order chi connectivity index (χ1) is 26.3. The van der Waals surface area contributed by atoms with Gasteiger partial charge >= 0.3 is 0 Å². The number of thiazole rings is 1. The molecule has 7 aromatic carbocycles. The third kappa shape index (κ3) is 4.79. The molecule has 0 N–H and O–H groups in total. The summed E-state index contributed by atoms with van der Waals surface area (Å²) in [6.45, 7) is 0. The predicted octanol–water partition coefficient (Wildman–Crippen LogP) is 12.1. The van der Waals surface area contributed by atoms with Gasteiger partial charge in [0.1, 0.15) is 16.2 Å². The van der Waals surface area contributed by atoms with Gasteiger partial charge in [-0.05, 0) is 54.6 Å². The van der Waals surface area contributed by atoms with Gasteiger partial charge in [0.05, 0.1) is 21.3 Å². The lowest BCUT2D eigenvalue weighted by Crippen LogP contribution is -2.01. The molecule has 4 heterocycles. The summed E-state index contributed by atoms with van der Waals surface area (Å²) in [6.07, 6.45) is 0. The van der Waals surface area contributed by atoms with Crippen LogP contribution in [0.15, 0.2) is 168 Å². The van der Waals surface area contributed by atoms with Crippen LogP contribution in [0, 0.1) is 0 Å². The Balaban J connectivity index is 1.14. The van der Waals surface area contributed by atoms with Crippen LogP contribution < -0.4 is 0 Å². The average molecular weight is 698 g/mol. The quantitative estimate of drug-likeness (QED) is 0.179. The van der Waals surface area contributed by atoms with Gasteiger partial charge in [-0.25, -0.2) is 19.9 Å². The molecule has 248 valence electrons. The largest absolute Gasteiger partial charge is 0.456 e. The van der Waals surface area contributed by atoms with Crippen molar-refractivity contribution in [1.82, 2.24) is 24.5 Å². The minimum atomic E-state index is 0.584. The van der Waals surface area contributed by atoms with Crippen molar-refractivity contribution in [2.24, 2.45) is 0 Å². The molecule has 0 amide bonds. The van der Waals surface area contributed by atoms with Crippen molar-refractivity contribution in [1.29, 1.82) is 0 Å². The number of para-hydroxylation sites is 3. The van der Waals surface area contributed by atoms with Crippen LogP contribution in [0.2, 0.25) is 0 Å².